The number of para-hydroxylation sites is 1. The van der Waals surface area contributed by atoms with Gasteiger partial charge in [-0.05, 0) is 48.2 Å². The van der Waals surface area contributed by atoms with Crippen molar-refractivity contribution < 1.29 is 19.1 Å². The Morgan fingerprint density at radius 3 is 2.84 bits per heavy atom. The smallest absolute Gasteiger partial charge is 0.262 e. The average Bonchev–Trinajstić information content (AvgIpc) is 2.80. The van der Waals surface area contributed by atoms with Crippen molar-refractivity contribution in [3.05, 3.63) is 59.7 Å². The Labute approximate surface area is 181 Å². The molecular formula is C23H24N4O4. The third kappa shape index (κ3) is 6.00. The van der Waals surface area contributed by atoms with Gasteiger partial charge in [0.1, 0.15) is 6.07 Å². The molecule has 1 aliphatic heterocycles. The number of methoxy groups -OCH3 is 1. The van der Waals surface area contributed by atoms with Gasteiger partial charge in [-0.3, -0.25) is 20.4 Å². The lowest BCUT2D eigenvalue weighted by molar-refractivity contribution is -0.125. The van der Waals surface area contributed by atoms with E-state index in [1.54, 1.807) is 24.3 Å². The summed E-state index contributed by atoms with van der Waals surface area (Å²) < 4.78 is 10.5. The molecule has 0 atom stereocenters. The summed E-state index contributed by atoms with van der Waals surface area (Å²) in [5.74, 6) is 0.139. The minimum Gasteiger partial charge on any atom is -0.493 e. The van der Waals surface area contributed by atoms with Crippen LogP contribution in [0.3, 0.4) is 0 Å². The molecule has 0 bridgehead atoms. The van der Waals surface area contributed by atoms with E-state index in [0.717, 1.165) is 25.1 Å². The number of fused-ring (bicyclic) bond motifs is 1. The van der Waals surface area contributed by atoms with Crippen molar-refractivity contribution in [1.29, 1.82) is 5.26 Å². The standard InChI is InChI=1S/C23H24N4O4/c1-30-21-15-17(8-10-20(21)31-14-12-24)9-11-22(28)25-26-23(29)16-27-13-4-6-18-5-2-3-7-19(18)27/h2-3,5,7-11,15H,4,6,13-14,16H2,1H3,(H,25,28)(H,26,29)/b11-9+. The first-order chi connectivity index (χ1) is 15.1. The normalized spacial score (nSPS) is 12.6. The Kier molecular flexibility index (Phi) is 7.49. The minimum absolute atomic E-state index is 0.0866. The van der Waals surface area contributed by atoms with Crippen molar-refractivity contribution in [2.45, 2.75) is 12.8 Å². The van der Waals surface area contributed by atoms with Crippen LogP contribution in [0.2, 0.25) is 0 Å². The topological polar surface area (TPSA) is 104 Å². The maximum absolute atomic E-state index is 12.3. The van der Waals surface area contributed by atoms with E-state index >= 15 is 0 Å². The second kappa shape index (κ2) is 10.7. The lowest BCUT2D eigenvalue weighted by Crippen LogP contribution is -2.47. The first kappa shape index (κ1) is 21.7. The lowest BCUT2D eigenvalue weighted by Gasteiger charge is -2.30. The molecule has 0 saturated heterocycles. The van der Waals surface area contributed by atoms with Gasteiger partial charge in [-0.1, -0.05) is 24.3 Å². The summed E-state index contributed by atoms with van der Waals surface area (Å²) >= 11 is 0. The van der Waals surface area contributed by atoms with Crippen molar-refractivity contribution in [3.63, 3.8) is 0 Å². The number of rotatable bonds is 7. The molecule has 0 aliphatic carbocycles. The largest absolute Gasteiger partial charge is 0.493 e. The van der Waals surface area contributed by atoms with Gasteiger partial charge in [0.2, 0.25) is 0 Å². The molecule has 0 unspecified atom stereocenters. The van der Waals surface area contributed by atoms with E-state index in [1.165, 1.54) is 18.7 Å². The Morgan fingerprint density at radius 1 is 1.19 bits per heavy atom. The molecule has 0 radical (unpaired) electrons. The second-order valence-corrected chi connectivity index (χ2v) is 6.88. The third-order valence-corrected chi connectivity index (χ3v) is 4.77. The fourth-order valence-electron chi connectivity index (χ4n) is 3.35. The Morgan fingerprint density at radius 2 is 2.03 bits per heavy atom. The second-order valence-electron chi connectivity index (χ2n) is 6.88. The van der Waals surface area contributed by atoms with Gasteiger partial charge in [0.25, 0.3) is 11.8 Å². The zero-order valence-electron chi connectivity index (χ0n) is 17.3. The maximum atomic E-state index is 12.3. The van der Waals surface area contributed by atoms with Crippen molar-refractivity contribution in [2.24, 2.45) is 0 Å². The van der Waals surface area contributed by atoms with Crippen LogP contribution in [0.15, 0.2) is 48.5 Å². The molecular weight excluding hydrogens is 396 g/mol. The number of hydrazine groups is 1. The molecule has 2 amide bonds. The number of ether oxygens (including phenoxy) is 2. The van der Waals surface area contributed by atoms with E-state index in [9.17, 15) is 9.59 Å². The predicted octanol–water partition coefficient (Wildman–Crippen LogP) is 2.21. The molecule has 0 saturated carbocycles. The number of anilines is 1. The van der Waals surface area contributed by atoms with E-state index in [4.69, 9.17) is 14.7 Å². The van der Waals surface area contributed by atoms with Gasteiger partial charge in [-0.2, -0.15) is 5.26 Å². The first-order valence-electron chi connectivity index (χ1n) is 9.88. The SMILES string of the molecule is COc1cc(/C=C/C(=O)NNC(=O)CN2CCCc3ccccc32)ccc1OCC#N. The number of amides is 2. The maximum Gasteiger partial charge on any atom is 0.262 e. The number of benzene rings is 2. The van der Waals surface area contributed by atoms with Gasteiger partial charge in [-0.15, -0.1) is 0 Å². The number of carbonyl (C=O) groups is 2. The summed E-state index contributed by atoms with van der Waals surface area (Å²) in [5, 5.41) is 8.61. The van der Waals surface area contributed by atoms with Crippen LogP contribution in [0.1, 0.15) is 17.5 Å². The average molecular weight is 420 g/mol. The van der Waals surface area contributed by atoms with Gasteiger partial charge >= 0.3 is 0 Å². The fraction of sp³-hybridized carbons (Fsp3) is 0.261. The van der Waals surface area contributed by atoms with Crippen LogP contribution in [0.5, 0.6) is 11.5 Å². The Balaban J connectivity index is 1.50. The van der Waals surface area contributed by atoms with Crippen molar-refractivity contribution in [3.8, 4) is 17.6 Å². The van der Waals surface area contributed by atoms with Crippen molar-refractivity contribution in [1.82, 2.24) is 10.9 Å². The van der Waals surface area contributed by atoms with E-state index in [1.807, 2.05) is 29.2 Å². The molecule has 0 aromatic heterocycles. The first-order valence-corrected chi connectivity index (χ1v) is 9.88. The van der Waals surface area contributed by atoms with Crippen LogP contribution in [0, 0.1) is 11.3 Å². The van der Waals surface area contributed by atoms with Crippen LogP contribution in [-0.4, -0.2) is 38.6 Å². The number of nitrogens with zero attached hydrogens (tertiary/aromatic N) is 2. The molecule has 2 N–H and O–H groups in total. The van der Waals surface area contributed by atoms with Crippen LogP contribution in [0.4, 0.5) is 5.69 Å². The van der Waals surface area contributed by atoms with Crippen LogP contribution >= 0.6 is 0 Å². The summed E-state index contributed by atoms with van der Waals surface area (Å²) in [6.45, 7) is 0.882. The molecule has 8 heteroatoms. The highest BCUT2D eigenvalue weighted by atomic mass is 16.5. The number of carbonyl (C=O) groups excluding carboxylic acids is 2. The highest BCUT2D eigenvalue weighted by Gasteiger charge is 2.18. The van der Waals surface area contributed by atoms with Gasteiger partial charge in [0.05, 0.1) is 13.7 Å². The molecule has 2 aromatic carbocycles. The van der Waals surface area contributed by atoms with Crippen molar-refractivity contribution in [2.75, 3.05) is 31.7 Å². The summed E-state index contributed by atoms with van der Waals surface area (Å²) in [5.41, 5.74) is 7.83. The molecule has 0 fully saturated rings. The highest BCUT2D eigenvalue weighted by molar-refractivity contribution is 5.93. The summed E-state index contributed by atoms with van der Waals surface area (Å²) in [6.07, 6.45) is 4.88. The molecule has 8 nitrogen and oxygen atoms in total. The molecule has 0 spiro atoms. The number of hydrogen-bond acceptors (Lipinski definition) is 6. The number of hydrogen-bond donors (Lipinski definition) is 2. The molecule has 31 heavy (non-hydrogen) atoms. The third-order valence-electron chi connectivity index (χ3n) is 4.77. The number of aryl methyl sites for hydroxylation is 1. The van der Waals surface area contributed by atoms with E-state index < -0.39 is 5.91 Å². The summed E-state index contributed by atoms with van der Waals surface area (Å²) in [4.78, 5) is 26.3. The van der Waals surface area contributed by atoms with E-state index in [0.29, 0.717) is 17.1 Å². The summed E-state index contributed by atoms with van der Waals surface area (Å²) in [6, 6.07) is 15.0. The van der Waals surface area contributed by atoms with Crippen LogP contribution < -0.4 is 25.2 Å². The van der Waals surface area contributed by atoms with Gasteiger partial charge in [0.15, 0.2) is 18.1 Å². The van der Waals surface area contributed by atoms with Crippen LogP contribution in [0.25, 0.3) is 6.08 Å². The lowest BCUT2D eigenvalue weighted by atomic mass is 10.0. The molecule has 1 aliphatic rings. The highest BCUT2D eigenvalue weighted by Crippen LogP contribution is 2.28. The fourth-order valence-corrected chi connectivity index (χ4v) is 3.35. The zero-order chi connectivity index (χ0) is 22.1. The predicted molar refractivity (Wildman–Crippen MR) is 116 cm³/mol. The van der Waals surface area contributed by atoms with Gasteiger partial charge in [-0.25, -0.2) is 0 Å². The zero-order valence-corrected chi connectivity index (χ0v) is 17.3. The van der Waals surface area contributed by atoms with E-state index in [2.05, 4.69) is 16.9 Å². The Bertz CT molecular complexity index is 1010. The van der Waals surface area contributed by atoms with Crippen LogP contribution in [-0.2, 0) is 16.0 Å². The Hall–Kier alpha value is -3.99. The summed E-state index contributed by atoms with van der Waals surface area (Å²) in [7, 11) is 1.49. The number of nitrogens with one attached hydrogen (secondary N) is 2. The van der Waals surface area contributed by atoms with Gasteiger partial charge in [0, 0.05) is 18.3 Å². The monoisotopic (exact) mass is 420 g/mol. The molecule has 3 rings (SSSR count). The molecule has 2 aromatic rings. The number of nitriles is 1. The molecule has 160 valence electrons. The molecule has 1 heterocycles. The minimum atomic E-state index is -0.462. The van der Waals surface area contributed by atoms with Gasteiger partial charge < -0.3 is 14.4 Å². The quantitative estimate of drug-likeness (QED) is 0.526. The van der Waals surface area contributed by atoms with E-state index in [-0.39, 0.29) is 19.1 Å². The van der Waals surface area contributed by atoms with Crippen molar-refractivity contribution >= 4 is 23.6 Å².